The van der Waals surface area contributed by atoms with Gasteiger partial charge in [0.05, 0.1) is 32.0 Å². The molecule has 3 fully saturated rings. The highest BCUT2D eigenvalue weighted by Gasteiger charge is 2.67. The number of methoxy groups -OCH3 is 1. The monoisotopic (exact) mass is 621 g/mol. The van der Waals surface area contributed by atoms with E-state index in [0.29, 0.717) is 36.6 Å². The number of hydrogen-bond donors (Lipinski definition) is 5. The van der Waals surface area contributed by atoms with Crippen LogP contribution in [0, 0.1) is 17.8 Å². The van der Waals surface area contributed by atoms with Crippen LogP contribution in [0.15, 0.2) is 35.9 Å². The summed E-state index contributed by atoms with van der Waals surface area (Å²) >= 11 is 0. The van der Waals surface area contributed by atoms with E-state index >= 15 is 0 Å². The minimum atomic E-state index is -2.70. The first-order chi connectivity index (χ1) is 21.4. The molecule has 6 N–H and O–H groups in total. The number of likely N-dealkylation sites (N-methyl/N-ethyl adjacent to an activating group) is 1. The van der Waals surface area contributed by atoms with E-state index < -0.39 is 58.7 Å². The number of morpholine rings is 1. The number of nitrogens with zero attached hydrogens (tertiary/aromatic N) is 2. The number of nitrogens with two attached hydrogens (primary N) is 1. The molecule has 2 unspecified atom stereocenters. The molecule has 1 aliphatic heterocycles. The number of aliphatic hydroxyl groups excluding tert-OH is 2. The second-order valence-electron chi connectivity index (χ2n) is 12.7. The van der Waals surface area contributed by atoms with Crippen LogP contribution in [0.3, 0.4) is 0 Å². The number of benzene rings is 2. The van der Waals surface area contributed by atoms with E-state index in [4.69, 9.17) is 15.2 Å². The SMILES string of the molecule is COc1ccc(CN2CCOCC2)cc1-c1ccc(O)c2c1C[C@@H]1C[C@@H]3[C@@H](N(C)C)C(O)C(C(N)=O)C(=O)[C@]3(O)C(=O)C1=C2O. The van der Waals surface area contributed by atoms with Crippen molar-refractivity contribution in [3.63, 3.8) is 0 Å². The summed E-state index contributed by atoms with van der Waals surface area (Å²) in [4.78, 5) is 43.8. The Morgan fingerprint density at radius 3 is 2.49 bits per heavy atom. The lowest BCUT2D eigenvalue weighted by Crippen LogP contribution is -2.73. The number of ether oxygens (including phenoxy) is 2. The molecule has 240 valence electrons. The van der Waals surface area contributed by atoms with Crippen molar-refractivity contribution in [2.75, 3.05) is 47.5 Å². The molecule has 0 spiro atoms. The quantitative estimate of drug-likeness (QED) is 0.285. The molecule has 0 radical (unpaired) electrons. The molecule has 1 saturated heterocycles. The number of amides is 1. The molecule has 12 heteroatoms. The van der Waals surface area contributed by atoms with Crippen LogP contribution in [0.5, 0.6) is 11.5 Å². The zero-order valence-corrected chi connectivity index (χ0v) is 25.5. The van der Waals surface area contributed by atoms with E-state index in [-0.39, 0.29) is 29.7 Å². The maximum absolute atomic E-state index is 14.1. The fourth-order valence-electron chi connectivity index (χ4n) is 7.94. The Bertz CT molecular complexity index is 1600. The third-order valence-electron chi connectivity index (χ3n) is 10.0. The molecule has 45 heavy (non-hydrogen) atoms. The first-order valence-corrected chi connectivity index (χ1v) is 15.1. The van der Waals surface area contributed by atoms with E-state index in [1.807, 2.05) is 18.2 Å². The maximum atomic E-state index is 14.1. The Kier molecular flexibility index (Phi) is 7.99. The summed E-state index contributed by atoms with van der Waals surface area (Å²) in [7, 11) is 4.81. The van der Waals surface area contributed by atoms with Gasteiger partial charge in [-0.3, -0.25) is 19.3 Å². The summed E-state index contributed by atoms with van der Waals surface area (Å²) in [5.74, 6) is -7.15. The van der Waals surface area contributed by atoms with Gasteiger partial charge in [-0.15, -0.1) is 0 Å². The average Bonchev–Trinajstić information content (AvgIpc) is 2.99. The summed E-state index contributed by atoms with van der Waals surface area (Å²) in [5.41, 5.74) is 5.67. The van der Waals surface area contributed by atoms with Crippen LogP contribution >= 0.6 is 0 Å². The molecule has 6 rings (SSSR count). The second kappa shape index (κ2) is 11.5. The van der Waals surface area contributed by atoms with Crippen molar-refractivity contribution in [1.82, 2.24) is 9.80 Å². The van der Waals surface area contributed by atoms with Gasteiger partial charge in [0.15, 0.2) is 11.4 Å². The molecule has 1 heterocycles. The third kappa shape index (κ3) is 4.83. The number of hydrogen-bond acceptors (Lipinski definition) is 11. The number of aliphatic hydroxyl groups is 3. The van der Waals surface area contributed by atoms with E-state index in [1.165, 1.54) is 6.07 Å². The van der Waals surface area contributed by atoms with Crippen molar-refractivity contribution in [3.05, 3.63) is 52.6 Å². The lowest BCUT2D eigenvalue weighted by Gasteiger charge is -2.53. The first-order valence-electron chi connectivity index (χ1n) is 15.1. The Morgan fingerprint density at radius 2 is 1.84 bits per heavy atom. The first kappa shape index (κ1) is 31.2. The van der Waals surface area contributed by atoms with Gasteiger partial charge in [0, 0.05) is 42.7 Å². The van der Waals surface area contributed by atoms with Gasteiger partial charge in [-0.2, -0.15) is 0 Å². The van der Waals surface area contributed by atoms with Crippen LogP contribution in [-0.4, -0.2) is 113 Å². The van der Waals surface area contributed by atoms with Gasteiger partial charge in [-0.05, 0) is 67.7 Å². The molecule has 0 aromatic heterocycles. The molecule has 6 atom stereocenters. The molecule has 3 aliphatic carbocycles. The Morgan fingerprint density at radius 1 is 1.13 bits per heavy atom. The topological polar surface area (TPSA) is 183 Å². The largest absolute Gasteiger partial charge is 0.507 e. The van der Waals surface area contributed by atoms with Crippen molar-refractivity contribution in [2.45, 2.75) is 37.1 Å². The molecule has 0 bridgehead atoms. The highest BCUT2D eigenvalue weighted by molar-refractivity contribution is 6.25. The fourth-order valence-corrected chi connectivity index (χ4v) is 7.94. The number of carbonyl (C=O) groups is 3. The van der Waals surface area contributed by atoms with Gasteiger partial charge < -0.3 is 40.5 Å². The van der Waals surface area contributed by atoms with Crippen molar-refractivity contribution in [1.29, 1.82) is 0 Å². The summed E-state index contributed by atoms with van der Waals surface area (Å²) in [6.45, 7) is 3.65. The van der Waals surface area contributed by atoms with E-state index in [2.05, 4.69) is 4.90 Å². The number of rotatable bonds is 6. The van der Waals surface area contributed by atoms with Crippen molar-refractivity contribution >= 4 is 23.2 Å². The number of phenolic OH excluding ortho intramolecular Hbond substituents is 1. The van der Waals surface area contributed by atoms with E-state index in [1.54, 1.807) is 32.2 Å². The molecule has 4 aliphatic rings. The van der Waals surface area contributed by atoms with Crippen LogP contribution < -0.4 is 10.5 Å². The number of Topliss-reactive ketones (excluding diaryl/α,β-unsaturated/α-hetero) is 2. The second-order valence-corrected chi connectivity index (χ2v) is 12.7. The van der Waals surface area contributed by atoms with Crippen LogP contribution in [0.2, 0.25) is 0 Å². The Balaban J connectivity index is 1.47. The van der Waals surface area contributed by atoms with Crippen LogP contribution in [0.4, 0.5) is 0 Å². The zero-order chi connectivity index (χ0) is 32.4. The van der Waals surface area contributed by atoms with Crippen molar-refractivity contribution in [2.24, 2.45) is 23.5 Å². The summed E-state index contributed by atoms with van der Waals surface area (Å²) in [6.07, 6.45) is -1.31. The van der Waals surface area contributed by atoms with E-state index in [9.17, 15) is 34.8 Å². The summed E-state index contributed by atoms with van der Waals surface area (Å²) < 4.78 is 11.2. The predicted octanol–water partition coefficient (Wildman–Crippen LogP) is 0.637. The predicted molar refractivity (Wildman–Crippen MR) is 162 cm³/mol. The molecule has 2 aromatic rings. The van der Waals surface area contributed by atoms with Gasteiger partial charge in [-0.1, -0.05) is 12.1 Å². The van der Waals surface area contributed by atoms with Crippen molar-refractivity contribution in [3.8, 4) is 22.6 Å². The summed E-state index contributed by atoms with van der Waals surface area (Å²) in [6, 6.07) is 8.11. The molecular weight excluding hydrogens is 582 g/mol. The average molecular weight is 622 g/mol. The Hall–Kier alpha value is -3.81. The lowest BCUT2D eigenvalue weighted by molar-refractivity contribution is -0.184. The standard InChI is InChI=1S/C33H39N3O9/c1-35(2)27-21-14-17-13-20-18(19-12-16(4-7-23(19)44-3)15-36-8-10-45-11-9-36)5-6-22(37)25(20)28(38)24(17)30(40)33(21,43)31(41)26(29(27)39)32(34)42/h4-7,12,17,21,26-27,29,37-39,43H,8-11,13-15H2,1-3H3,(H2,34,42)/t17-,21-,26?,27-,29?,33-/m1/s1. The molecule has 2 aromatic carbocycles. The summed E-state index contributed by atoms with van der Waals surface area (Å²) in [5, 5.41) is 45.6. The highest BCUT2D eigenvalue weighted by Crippen LogP contribution is 2.53. The molecule has 1 amide bonds. The van der Waals surface area contributed by atoms with Crippen LogP contribution in [0.1, 0.15) is 23.1 Å². The number of aromatic hydroxyl groups is 1. The smallest absolute Gasteiger partial charge is 0.230 e. The van der Waals surface area contributed by atoms with Crippen LogP contribution in [0.25, 0.3) is 16.9 Å². The third-order valence-corrected chi connectivity index (χ3v) is 10.0. The number of fused-ring (bicyclic) bond motifs is 3. The van der Waals surface area contributed by atoms with Gasteiger partial charge in [0.2, 0.25) is 11.7 Å². The Labute approximate surface area is 260 Å². The van der Waals surface area contributed by atoms with Crippen LogP contribution in [-0.2, 0) is 32.1 Å². The highest BCUT2D eigenvalue weighted by atomic mass is 16.5. The zero-order valence-electron chi connectivity index (χ0n) is 25.5. The maximum Gasteiger partial charge on any atom is 0.230 e. The number of phenols is 1. The number of primary amides is 1. The van der Waals surface area contributed by atoms with Crippen molar-refractivity contribution < 1.29 is 44.3 Å². The number of ketones is 2. The van der Waals surface area contributed by atoms with E-state index in [0.717, 1.165) is 24.2 Å². The normalized spacial score (nSPS) is 30.1. The fraction of sp³-hybridized carbons (Fsp3) is 0.485. The number of carbonyl (C=O) groups excluding carboxylic acids is 3. The molecule has 12 nitrogen and oxygen atoms in total. The minimum absolute atomic E-state index is 0.0358. The van der Waals surface area contributed by atoms with Gasteiger partial charge in [0.25, 0.3) is 0 Å². The molecule has 2 saturated carbocycles. The molecular formula is C33H39N3O9. The van der Waals surface area contributed by atoms with Gasteiger partial charge >= 0.3 is 0 Å². The lowest BCUT2D eigenvalue weighted by atomic mass is 9.54. The van der Waals surface area contributed by atoms with Gasteiger partial charge in [0.1, 0.15) is 23.2 Å². The minimum Gasteiger partial charge on any atom is -0.507 e. The van der Waals surface area contributed by atoms with Gasteiger partial charge in [-0.25, -0.2) is 0 Å².